The molecule has 0 amide bonds. The number of hydrogen-bond acceptors (Lipinski definition) is 0. The summed E-state index contributed by atoms with van der Waals surface area (Å²) < 4.78 is 0. The van der Waals surface area contributed by atoms with Crippen molar-refractivity contribution in [1.29, 1.82) is 0 Å². The molecule has 0 spiro atoms. The predicted octanol–water partition coefficient (Wildman–Crippen LogP) is 5.31. The Kier molecular flexibility index (Phi) is 4.43. The predicted molar refractivity (Wildman–Crippen MR) is 73.2 cm³/mol. The molecule has 2 atom stereocenters. The van der Waals surface area contributed by atoms with Crippen molar-refractivity contribution in [2.24, 2.45) is 5.92 Å². The second-order valence-corrected chi connectivity index (χ2v) is 6.13. The molecule has 1 heteroatoms. The largest absolute Gasteiger partial charge is 0.118 e. The summed E-state index contributed by atoms with van der Waals surface area (Å²) in [4.78, 5) is 0. The molecule has 0 N–H and O–H groups in total. The second-order valence-electron chi connectivity index (χ2n) is 5.66. The Labute approximate surface area is 105 Å². The molecule has 0 aromatic heterocycles. The highest BCUT2D eigenvalue weighted by atomic mass is 35.5. The summed E-state index contributed by atoms with van der Waals surface area (Å²) in [7, 11) is 0. The van der Waals surface area contributed by atoms with Crippen LogP contribution in [-0.4, -0.2) is 0 Å². The van der Waals surface area contributed by atoms with Gasteiger partial charge in [0.2, 0.25) is 0 Å². The molecule has 0 aliphatic rings. The zero-order chi connectivity index (χ0) is 12.3. The SMILES string of the molecule is CCC(C)C(Cl)c1ccc(C(C)(C)C)cc1. The summed E-state index contributed by atoms with van der Waals surface area (Å²) >= 11 is 6.42. The number of halogens is 1. The molecule has 0 aliphatic heterocycles. The van der Waals surface area contributed by atoms with Gasteiger partial charge in [-0.25, -0.2) is 0 Å². The molecule has 90 valence electrons. The number of rotatable bonds is 3. The highest BCUT2D eigenvalue weighted by Crippen LogP contribution is 2.32. The van der Waals surface area contributed by atoms with Gasteiger partial charge in [-0.05, 0) is 22.5 Å². The first-order valence-electron chi connectivity index (χ1n) is 6.10. The molecular weight excluding hydrogens is 216 g/mol. The third-order valence-electron chi connectivity index (χ3n) is 3.24. The van der Waals surface area contributed by atoms with Crippen molar-refractivity contribution >= 4 is 11.6 Å². The maximum atomic E-state index is 6.42. The van der Waals surface area contributed by atoms with Gasteiger partial charge in [-0.15, -0.1) is 11.6 Å². The summed E-state index contributed by atoms with van der Waals surface area (Å²) in [6.07, 6.45) is 1.12. The molecule has 0 saturated heterocycles. The minimum atomic E-state index is 0.138. The van der Waals surface area contributed by atoms with Crippen LogP contribution in [0.25, 0.3) is 0 Å². The van der Waals surface area contributed by atoms with E-state index in [1.54, 1.807) is 0 Å². The molecule has 1 aromatic rings. The summed E-state index contributed by atoms with van der Waals surface area (Å²) in [5.74, 6) is 0.530. The Morgan fingerprint density at radius 2 is 1.62 bits per heavy atom. The Hall–Kier alpha value is -0.490. The number of alkyl halides is 1. The topological polar surface area (TPSA) is 0 Å². The van der Waals surface area contributed by atoms with Crippen LogP contribution in [0.1, 0.15) is 57.5 Å². The van der Waals surface area contributed by atoms with Crippen LogP contribution in [-0.2, 0) is 5.41 Å². The second kappa shape index (κ2) is 5.23. The van der Waals surface area contributed by atoms with Gasteiger partial charge in [-0.3, -0.25) is 0 Å². The van der Waals surface area contributed by atoms with Gasteiger partial charge >= 0.3 is 0 Å². The maximum absolute atomic E-state index is 6.42. The molecule has 0 saturated carbocycles. The van der Waals surface area contributed by atoms with Crippen LogP contribution in [0, 0.1) is 5.92 Å². The van der Waals surface area contributed by atoms with Gasteiger partial charge in [0.1, 0.15) is 0 Å². The molecule has 0 aliphatic carbocycles. The van der Waals surface area contributed by atoms with E-state index in [4.69, 9.17) is 11.6 Å². The van der Waals surface area contributed by atoms with Crippen molar-refractivity contribution in [2.75, 3.05) is 0 Å². The van der Waals surface area contributed by atoms with Crippen LogP contribution in [0.4, 0.5) is 0 Å². The smallest absolute Gasteiger partial charge is 0.0610 e. The minimum absolute atomic E-state index is 0.138. The van der Waals surface area contributed by atoms with Crippen molar-refractivity contribution in [2.45, 2.75) is 51.8 Å². The Bertz CT molecular complexity index is 318. The van der Waals surface area contributed by atoms with E-state index in [0.717, 1.165) is 6.42 Å². The first kappa shape index (κ1) is 13.6. The molecule has 1 rings (SSSR count). The molecular formula is C15H23Cl. The van der Waals surface area contributed by atoms with Gasteiger partial charge in [0.05, 0.1) is 5.38 Å². The number of hydrogen-bond donors (Lipinski definition) is 0. The van der Waals surface area contributed by atoms with Crippen LogP contribution >= 0.6 is 11.6 Å². The fourth-order valence-corrected chi connectivity index (χ4v) is 2.03. The Morgan fingerprint density at radius 3 is 2.00 bits per heavy atom. The lowest BCUT2D eigenvalue weighted by Crippen LogP contribution is -2.11. The maximum Gasteiger partial charge on any atom is 0.0610 e. The highest BCUT2D eigenvalue weighted by molar-refractivity contribution is 6.20. The quantitative estimate of drug-likeness (QED) is 0.626. The monoisotopic (exact) mass is 238 g/mol. The Morgan fingerprint density at radius 1 is 1.12 bits per heavy atom. The normalized spacial score (nSPS) is 15.9. The van der Waals surface area contributed by atoms with Crippen LogP contribution in [0.5, 0.6) is 0 Å². The van der Waals surface area contributed by atoms with E-state index in [1.807, 2.05) is 0 Å². The van der Waals surface area contributed by atoms with E-state index in [9.17, 15) is 0 Å². The third kappa shape index (κ3) is 3.25. The van der Waals surface area contributed by atoms with E-state index < -0.39 is 0 Å². The summed E-state index contributed by atoms with van der Waals surface area (Å²) in [5.41, 5.74) is 2.82. The van der Waals surface area contributed by atoms with Gasteiger partial charge in [0, 0.05) is 0 Å². The van der Waals surface area contributed by atoms with Crippen LogP contribution in [0.15, 0.2) is 24.3 Å². The van der Waals surface area contributed by atoms with Gasteiger partial charge in [-0.1, -0.05) is 65.3 Å². The first-order valence-corrected chi connectivity index (χ1v) is 6.54. The first-order chi connectivity index (χ1) is 7.36. The zero-order valence-corrected chi connectivity index (χ0v) is 11.8. The molecule has 0 heterocycles. The van der Waals surface area contributed by atoms with Gasteiger partial charge in [0.25, 0.3) is 0 Å². The van der Waals surface area contributed by atoms with E-state index >= 15 is 0 Å². The summed E-state index contributed by atoms with van der Waals surface area (Å²) in [5, 5.41) is 0.138. The fourth-order valence-electron chi connectivity index (χ4n) is 1.70. The number of benzene rings is 1. The molecule has 16 heavy (non-hydrogen) atoms. The lowest BCUT2D eigenvalue weighted by Gasteiger charge is -2.21. The van der Waals surface area contributed by atoms with Crippen molar-refractivity contribution in [3.8, 4) is 0 Å². The highest BCUT2D eigenvalue weighted by Gasteiger charge is 2.17. The molecule has 1 aromatic carbocycles. The zero-order valence-electron chi connectivity index (χ0n) is 11.0. The lowest BCUT2D eigenvalue weighted by atomic mass is 9.86. The Balaban J connectivity index is 2.87. The molecule has 0 fully saturated rings. The molecule has 0 nitrogen and oxygen atoms in total. The molecule has 0 bridgehead atoms. The minimum Gasteiger partial charge on any atom is -0.118 e. The van der Waals surface area contributed by atoms with Crippen LogP contribution in [0.3, 0.4) is 0 Å². The van der Waals surface area contributed by atoms with E-state index in [2.05, 4.69) is 58.9 Å². The van der Waals surface area contributed by atoms with Crippen LogP contribution < -0.4 is 0 Å². The van der Waals surface area contributed by atoms with Crippen LogP contribution in [0.2, 0.25) is 0 Å². The third-order valence-corrected chi connectivity index (χ3v) is 3.92. The van der Waals surface area contributed by atoms with Crippen molar-refractivity contribution < 1.29 is 0 Å². The standard InChI is InChI=1S/C15H23Cl/c1-6-11(2)14(16)12-7-9-13(10-8-12)15(3,4)5/h7-11,14H,6H2,1-5H3. The average Bonchev–Trinajstić information content (AvgIpc) is 2.26. The average molecular weight is 239 g/mol. The van der Waals surface area contributed by atoms with E-state index in [1.165, 1.54) is 11.1 Å². The summed E-state index contributed by atoms with van der Waals surface area (Å²) in [6.45, 7) is 11.1. The van der Waals surface area contributed by atoms with Crippen molar-refractivity contribution in [3.63, 3.8) is 0 Å². The van der Waals surface area contributed by atoms with E-state index in [0.29, 0.717) is 5.92 Å². The molecule has 2 unspecified atom stereocenters. The van der Waals surface area contributed by atoms with Gasteiger partial charge < -0.3 is 0 Å². The van der Waals surface area contributed by atoms with Crippen molar-refractivity contribution in [3.05, 3.63) is 35.4 Å². The molecule has 0 radical (unpaired) electrons. The summed E-state index contributed by atoms with van der Waals surface area (Å²) in [6, 6.07) is 8.75. The van der Waals surface area contributed by atoms with E-state index in [-0.39, 0.29) is 10.8 Å². The van der Waals surface area contributed by atoms with Gasteiger partial charge in [-0.2, -0.15) is 0 Å². The lowest BCUT2D eigenvalue weighted by molar-refractivity contribution is 0.541. The van der Waals surface area contributed by atoms with Gasteiger partial charge in [0.15, 0.2) is 0 Å². The fraction of sp³-hybridized carbons (Fsp3) is 0.600. The van der Waals surface area contributed by atoms with Crippen molar-refractivity contribution in [1.82, 2.24) is 0 Å².